The fourth-order valence-electron chi connectivity index (χ4n) is 3.12. The van der Waals surface area contributed by atoms with Gasteiger partial charge in [0.05, 0.1) is 27.0 Å². The Labute approximate surface area is 198 Å². The maximum absolute atomic E-state index is 13.6. The molecular formula is C24H25N3O6S. The van der Waals surface area contributed by atoms with Gasteiger partial charge in [-0.2, -0.15) is 9.41 Å². The molecule has 1 amide bonds. The lowest BCUT2D eigenvalue weighted by Crippen LogP contribution is -2.39. The SMILES string of the molecule is COc1ccc(OC)c(S(=O)(=O)N(CC(=O)N/N=C/c2cccc(O)c2)Cc2ccccc2)c1. The van der Waals surface area contributed by atoms with Crippen LogP contribution in [0.1, 0.15) is 11.1 Å². The third kappa shape index (κ3) is 6.33. The standard InChI is InChI=1S/C24H25N3O6S/c1-32-21-11-12-22(33-2)23(14-21)34(30,31)27(16-18-7-4-3-5-8-18)17-24(29)26-25-15-19-9-6-10-20(28)13-19/h3-15,28H,16-17H2,1-2H3,(H,26,29)/b25-15+. The summed E-state index contributed by atoms with van der Waals surface area (Å²) >= 11 is 0. The Morgan fingerprint density at radius 2 is 1.79 bits per heavy atom. The Hall–Kier alpha value is -3.89. The van der Waals surface area contributed by atoms with E-state index >= 15 is 0 Å². The van der Waals surface area contributed by atoms with Crippen LogP contribution >= 0.6 is 0 Å². The predicted molar refractivity (Wildman–Crippen MR) is 127 cm³/mol. The molecule has 10 heteroatoms. The topological polar surface area (TPSA) is 118 Å². The molecule has 0 heterocycles. The number of rotatable bonds is 10. The number of carbonyl (C=O) groups is 1. The third-order valence-corrected chi connectivity index (χ3v) is 6.60. The molecule has 0 saturated carbocycles. The maximum Gasteiger partial charge on any atom is 0.255 e. The molecule has 0 aliphatic rings. The highest BCUT2D eigenvalue weighted by atomic mass is 32.2. The second-order valence-electron chi connectivity index (χ2n) is 7.16. The van der Waals surface area contributed by atoms with Gasteiger partial charge in [0.15, 0.2) is 0 Å². The first-order valence-electron chi connectivity index (χ1n) is 10.2. The summed E-state index contributed by atoms with van der Waals surface area (Å²) in [4.78, 5) is 12.5. The fraction of sp³-hybridized carbons (Fsp3) is 0.167. The van der Waals surface area contributed by atoms with Crippen molar-refractivity contribution < 1.29 is 27.8 Å². The molecule has 0 fully saturated rings. The average molecular weight is 484 g/mol. The molecule has 34 heavy (non-hydrogen) atoms. The fourth-order valence-corrected chi connectivity index (χ4v) is 4.67. The molecule has 178 valence electrons. The van der Waals surface area contributed by atoms with E-state index < -0.39 is 22.5 Å². The van der Waals surface area contributed by atoms with Crippen molar-refractivity contribution in [3.8, 4) is 17.2 Å². The Kier molecular flexibility index (Phi) is 8.23. The van der Waals surface area contributed by atoms with Crippen molar-refractivity contribution >= 4 is 22.1 Å². The number of hydrogen-bond donors (Lipinski definition) is 2. The van der Waals surface area contributed by atoms with Crippen molar-refractivity contribution in [2.24, 2.45) is 5.10 Å². The van der Waals surface area contributed by atoms with E-state index in [9.17, 15) is 18.3 Å². The van der Waals surface area contributed by atoms with Crippen molar-refractivity contribution in [2.75, 3.05) is 20.8 Å². The van der Waals surface area contributed by atoms with Gasteiger partial charge >= 0.3 is 0 Å². The number of phenolic OH excluding ortho intramolecular Hbond substituents is 1. The monoisotopic (exact) mass is 483 g/mol. The van der Waals surface area contributed by atoms with E-state index in [1.165, 1.54) is 44.7 Å². The van der Waals surface area contributed by atoms with Gasteiger partial charge in [-0.25, -0.2) is 13.8 Å². The normalized spacial score (nSPS) is 11.5. The predicted octanol–water partition coefficient (Wildman–Crippen LogP) is 2.75. The largest absolute Gasteiger partial charge is 0.508 e. The van der Waals surface area contributed by atoms with Gasteiger partial charge in [-0.3, -0.25) is 4.79 Å². The lowest BCUT2D eigenvalue weighted by atomic mass is 10.2. The zero-order chi connectivity index (χ0) is 24.6. The van der Waals surface area contributed by atoms with E-state index in [1.807, 2.05) is 6.07 Å². The highest BCUT2D eigenvalue weighted by Gasteiger charge is 2.30. The smallest absolute Gasteiger partial charge is 0.255 e. The van der Waals surface area contributed by atoms with E-state index in [1.54, 1.807) is 42.5 Å². The molecule has 0 radical (unpaired) electrons. The average Bonchev–Trinajstić information content (AvgIpc) is 2.84. The second-order valence-corrected chi connectivity index (χ2v) is 9.07. The summed E-state index contributed by atoms with van der Waals surface area (Å²) in [6.07, 6.45) is 1.35. The number of sulfonamides is 1. The molecule has 0 aliphatic carbocycles. The van der Waals surface area contributed by atoms with Crippen LogP contribution in [0, 0.1) is 0 Å². The van der Waals surface area contributed by atoms with Crippen molar-refractivity contribution in [2.45, 2.75) is 11.4 Å². The molecule has 3 aromatic carbocycles. The lowest BCUT2D eigenvalue weighted by Gasteiger charge is -2.23. The number of amides is 1. The van der Waals surface area contributed by atoms with E-state index in [-0.39, 0.29) is 22.9 Å². The molecule has 0 saturated heterocycles. The summed E-state index contributed by atoms with van der Waals surface area (Å²) in [5, 5.41) is 13.4. The lowest BCUT2D eigenvalue weighted by molar-refractivity contribution is -0.121. The summed E-state index contributed by atoms with van der Waals surface area (Å²) < 4.78 is 38.7. The van der Waals surface area contributed by atoms with E-state index in [4.69, 9.17) is 9.47 Å². The number of hydrogen-bond acceptors (Lipinski definition) is 7. The van der Waals surface area contributed by atoms with Crippen molar-refractivity contribution in [3.63, 3.8) is 0 Å². The van der Waals surface area contributed by atoms with Crippen LogP contribution in [0.25, 0.3) is 0 Å². The first kappa shape index (κ1) is 24.7. The second kappa shape index (κ2) is 11.3. The minimum atomic E-state index is -4.17. The number of ether oxygens (including phenoxy) is 2. The number of hydrazone groups is 1. The van der Waals surface area contributed by atoms with E-state index in [0.29, 0.717) is 16.9 Å². The van der Waals surface area contributed by atoms with Gasteiger partial charge in [-0.1, -0.05) is 42.5 Å². The van der Waals surface area contributed by atoms with Gasteiger partial charge in [0.2, 0.25) is 10.0 Å². The van der Waals surface area contributed by atoms with Gasteiger partial charge in [0, 0.05) is 12.6 Å². The zero-order valence-electron chi connectivity index (χ0n) is 18.7. The van der Waals surface area contributed by atoms with Crippen LogP contribution in [-0.4, -0.2) is 50.7 Å². The number of nitrogens with one attached hydrogen (secondary N) is 1. The van der Waals surface area contributed by atoms with Crippen LogP contribution in [0.4, 0.5) is 0 Å². The van der Waals surface area contributed by atoms with E-state index in [2.05, 4.69) is 10.5 Å². The van der Waals surface area contributed by atoms with Crippen LogP contribution in [0.2, 0.25) is 0 Å². The first-order chi connectivity index (χ1) is 16.3. The number of aromatic hydroxyl groups is 1. The first-order valence-corrected chi connectivity index (χ1v) is 11.6. The molecule has 0 aliphatic heterocycles. The molecule has 0 unspecified atom stereocenters. The summed E-state index contributed by atoms with van der Waals surface area (Å²) in [5.74, 6) is -0.124. The minimum absolute atomic E-state index is 0.0484. The van der Waals surface area contributed by atoms with Gasteiger partial charge in [-0.15, -0.1) is 0 Å². The van der Waals surface area contributed by atoms with Crippen LogP contribution in [0.3, 0.4) is 0 Å². The number of nitrogens with zero attached hydrogens (tertiary/aromatic N) is 2. The summed E-state index contributed by atoms with van der Waals surface area (Å²) in [7, 11) is -1.38. The van der Waals surface area contributed by atoms with Crippen LogP contribution in [0.5, 0.6) is 17.2 Å². The molecule has 2 N–H and O–H groups in total. The van der Waals surface area contributed by atoms with Gasteiger partial charge < -0.3 is 14.6 Å². The van der Waals surface area contributed by atoms with Gasteiger partial charge in [0.1, 0.15) is 22.1 Å². The van der Waals surface area contributed by atoms with Crippen molar-refractivity contribution in [1.82, 2.24) is 9.73 Å². The van der Waals surface area contributed by atoms with Gasteiger partial charge in [0.25, 0.3) is 5.91 Å². The molecular weight excluding hydrogens is 458 g/mol. The molecule has 3 rings (SSSR count). The summed E-state index contributed by atoms with van der Waals surface area (Å²) in [5.41, 5.74) is 3.59. The molecule has 3 aromatic rings. The Bertz CT molecular complexity index is 1260. The third-order valence-electron chi connectivity index (χ3n) is 4.78. The highest BCUT2D eigenvalue weighted by Crippen LogP contribution is 2.31. The maximum atomic E-state index is 13.6. The molecule has 0 atom stereocenters. The van der Waals surface area contributed by atoms with Crippen molar-refractivity contribution in [3.05, 3.63) is 83.9 Å². The number of benzene rings is 3. The number of carbonyl (C=O) groups excluding carboxylic acids is 1. The zero-order valence-corrected chi connectivity index (χ0v) is 19.5. The molecule has 0 spiro atoms. The quantitative estimate of drug-likeness (QED) is 0.338. The van der Waals surface area contributed by atoms with E-state index in [0.717, 1.165) is 4.31 Å². The Balaban J connectivity index is 1.87. The van der Waals surface area contributed by atoms with Gasteiger partial charge in [-0.05, 0) is 35.4 Å². The number of phenols is 1. The minimum Gasteiger partial charge on any atom is -0.508 e. The summed E-state index contributed by atoms with van der Waals surface area (Å²) in [6.45, 7) is -0.539. The molecule has 0 bridgehead atoms. The van der Waals surface area contributed by atoms with Crippen LogP contribution in [-0.2, 0) is 21.4 Å². The van der Waals surface area contributed by atoms with Crippen LogP contribution < -0.4 is 14.9 Å². The highest BCUT2D eigenvalue weighted by molar-refractivity contribution is 7.89. The van der Waals surface area contributed by atoms with Crippen LogP contribution in [0.15, 0.2) is 82.8 Å². The molecule has 0 aromatic heterocycles. The Morgan fingerprint density at radius 3 is 2.47 bits per heavy atom. The molecule has 9 nitrogen and oxygen atoms in total. The summed E-state index contributed by atoms with van der Waals surface area (Å²) in [6, 6.07) is 19.6. The Morgan fingerprint density at radius 1 is 1.03 bits per heavy atom. The van der Waals surface area contributed by atoms with Crippen molar-refractivity contribution in [1.29, 1.82) is 0 Å². The number of methoxy groups -OCH3 is 2.